The summed E-state index contributed by atoms with van der Waals surface area (Å²) in [4.78, 5) is 17.3. The van der Waals surface area contributed by atoms with Crippen LogP contribution in [0.4, 0.5) is 10.1 Å². The summed E-state index contributed by atoms with van der Waals surface area (Å²) in [6.07, 6.45) is 0. The number of anilines is 1. The molecule has 1 amide bonds. The lowest BCUT2D eigenvalue weighted by Gasteiger charge is -2.04. The molecular formula is C24H17FN4OS. The van der Waals surface area contributed by atoms with Crippen LogP contribution < -0.4 is 5.32 Å². The Morgan fingerprint density at radius 1 is 0.968 bits per heavy atom. The Morgan fingerprint density at radius 2 is 1.71 bits per heavy atom. The molecule has 0 unspecified atom stereocenters. The maximum absolute atomic E-state index is 13.1. The van der Waals surface area contributed by atoms with E-state index in [0.29, 0.717) is 17.1 Å². The number of H-pyrrole nitrogens is 1. The minimum Gasteiger partial charge on any atom is -0.321 e. The summed E-state index contributed by atoms with van der Waals surface area (Å²) in [6.45, 7) is 2.07. The van der Waals surface area contributed by atoms with Crippen LogP contribution >= 0.6 is 11.3 Å². The highest BCUT2D eigenvalue weighted by Crippen LogP contribution is 2.31. The largest absolute Gasteiger partial charge is 0.321 e. The van der Waals surface area contributed by atoms with E-state index in [1.54, 1.807) is 29.5 Å². The summed E-state index contributed by atoms with van der Waals surface area (Å²) in [5.41, 5.74) is 5.49. The van der Waals surface area contributed by atoms with E-state index in [0.717, 1.165) is 26.4 Å². The second kappa shape index (κ2) is 7.77. The Kier molecular flexibility index (Phi) is 4.80. The van der Waals surface area contributed by atoms with Gasteiger partial charge in [-0.3, -0.25) is 9.89 Å². The number of aromatic amines is 1. The molecule has 5 nitrogen and oxygen atoms in total. The normalized spacial score (nSPS) is 11.0. The smallest absolute Gasteiger partial charge is 0.273 e. The van der Waals surface area contributed by atoms with E-state index in [-0.39, 0.29) is 11.7 Å². The standard InChI is InChI=1S/C24H17FN4OS/c1-14-2-11-19-22(12-14)31-24(27-19)16-5-9-18(10-6-16)26-23(30)21-13-20(28-29-21)15-3-7-17(25)8-4-15/h2-13H,1H3,(H,26,30)(H,28,29). The number of halogens is 1. The van der Waals surface area contributed by atoms with Crippen molar-refractivity contribution in [3.8, 4) is 21.8 Å². The van der Waals surface area contributed by atoms with Crippen LogP contribution in [0.2, 0.25) is 0 Å². The molecule has 0 aliphatic carbocycles. The molecule has 5 aromatic rings. The molecule has 0 spiro atoms. The van der Waals surface area contributed by atoms with E-state index < -0.39 is 0 Å². The van der Waals surface area contributed by atoms with Crippen molar-refractivity contribution in [3.63, 3.8) is 0 Å². The van der Waals surface area contributed by atoms with Gasteiger partial charge in [-0.05, 0) is 79.2 Å². The van der Waals surface area contributed by atoms with E-state index in [1.807, 2.05) is 30.3 Å². The third-order valence-corrected chi connectivity index (χ3v) is 5.96. The van der Waals surface area contributed by atoms with Gasteiger partial charge in [0.1, 0.15) is 16.5 Å². The molecule has 0 aliphatic rings. The number of nitrogens with zero attached hydrogens (tertiary/aromatic N) is 2. The Labute approximate surface area is 181 Å². The number of hydrogen-bond donors (Lipinski definition) is 2. The number of carbonyl (C=O) groups excluding carboxylic acids is 1. The fourth-order valence-corrected chi connectivity index (χ4v) is 4.33. The lowest BCUT2D eigenvalue weighted by Crippen LogP contribution is -2.12. The minimum absolute atomic E-state index is 0.302. The summed E-state index contributed by atoms with van der Waals surface area (Å²) in [5.74, 6) is -0.620. The number of carbonyl (C=O) groups is 1. The summed E-state index contributed by atoms with van der Waals surface area (Å²) in [6, 6.07) is 21.4. The van der Waals surface area contributed by atoms with Crippen molar-refractivity contribution < 1.29 is 9.18 Å². The molecule has 5 rings (SSSR count). The van der Waals surface area contributed by atoms with Crippen LogP contribution in [0.15, 0.2) is 72.8 Å². The van der Waals surface area contributed by atoms with E-state index >= 15 is 0 Å². The third-order valence-electron chi connectivity index (χ3n) is 4.90. The molecule has 2 aromatic heterocycles. The van der Waals surface area contributed by atoms with Gasteiger partial charge in [0, 0.05) is 16.8 Å². The van der Waals surface area contributed by atoms with Gasteiger partial charge in [-0.2, -0.15) is 5.10 Å². The van der Waals surface area contributed by atoms with E-state index in [2.05, 4.69) is 34.6 Å². The molecule has 0 bridgehead atoms. The van der Waals surface area contributed by atoms with Crippen LogP contribution in [0.3, 0.4) is 0 Å². The van der Waals surface area contributed by atoms with Crippen molar-refractivity contribution >= 4 is 33.1 Å². The maximum atomic E-state index is 13.1. The Balaban J connectivity index is 1.31. The molecule has 7 heteroatoms. The molecule has 0 saturated carbocycles. The molecule has 0 fully saturated rings. The third kappa shape index (κ3) is 3.95. The quantitative estimate of drug-likeness (QED) is 0.366. The second-order valence-electron chi connectivity index (χ2n) is 7.20. The fourth-order valence-electron chi connectivity index (χ4n) is 3.26. The fraction of sp³-hybridized carbons (Fsp3) is 0.0417. The molecule has 31 heavy (non-hydrogen) atoms. The summed E-state index contributed by atoms with van der Waals surface area (Å²) >= 11 is 1.65. The highest BCUT2D eigenvalue weighted by atomic mass is 32.1. The Hall–Kier alpha value is -3.84. The predicted molar refractivity (Wildman–Crippen MR) is 122 cm³/mol. The van der Waals surface area contributed by atoms with Crippen LogP contribution in [0.5, 0.6) is 0 Å². The number of hydrogen-bond acceptors (Lipinski definition) is 4. The first-order chi connectivity index (χ1) is 15.0. The number of benzene rings is 3. The van der Waals surface area contributed by atoms with Crippen LogP contribution in [-0.2, 0) is 0 Å². The highest BCUT2D eigenvalue weighted by molar-refractivity contribution is 7.21. The van der Waals surface area contributed by atoms with Crippen molar-refractivity contribution in [2.24, 2.45) is 0 Å². The average molecular weight is 428 g/mol. The molecular weight excluding hydrogens is 411 g/mol. The molecule has 0 atom stereocenters. The minimum atomic E-state index is -0.318. The van der Waals surface area contributed by atoms with Gasteiger partial charge in [0.2, 0.25) is 0 Å². The number of nitrogens with one attached hydrogen (secondary N) is 2. The van der Waals surface area contributed by atoms with Crippen LogP contribution in [-0.4, -0.2) is 21.1 Å². The molecule has 0 aliphatic heterocycles. The van der Waals surface area contributed by atoms with Gasteiger partial charge in [-0.15, -0.1) is 11.3 Å². The van der Waals surface area contributed by atoms with Crippen molar-refractivity contribution in [2.45, 2.75) is 6.92 Å². The first-order valence-electron chi connectivity index (χ1n) is 9.65. The Morgan fingerprint density at radius 3 is 2.48 bits per heavy atom. The summed E-state index contributed by atoms with van der Waals surface area (Å²) in [7, 11) is 0. The first-order valence-corrected chi connectivity index (χ1v) is 10.5. The number of amides is 1. The maximum Gasteiger partial charge on any atom is 0.273 e. The van der Waals surface area contributed by atoms with Crippen molar-refractivity contribution in [2.75, 3.05) is 5.32 Å². The number of aromatic nitrogens is 3. The number of aryl methyl sites for hydroxylation is 1. The van der Waals surface area contributed by atoms with E-state index in [1.165, 1.54) is 17.7 Å². The molecule has 152 valence electrons. The zero-order chi connectivity index (χ0) is 21.4. The van der Waals surface area contributed by atoms with Gasteiger partial charge in [0.05, 0.1) is 15.9 Å². The second-order valence-corrected chi connectivity index (χ2v) is 8.23. The van der Waals surface area contributed by atoms with Gasteiger partial charge in [-0.25, -0.2) is 9.37 Å². The van der Waals surface area contributed by atoms with Gasteiger partial charge in [0.25, 0.3) is 5.91 Å². The lowest BCUT2D eigenvalue weighted by atomic mass is 10.1. The number of fused-ring (bicyclic) bond motifs is 1. The van der Waals surface area contributed by atoms with E-state index in [4.69, 9.17) is 4.98 Å². The topological polar surface area (TPSA) is 70.7 Å². The lowest BCUT2D eigenvalue weighted by molar-refractivity contribution is 0.102. The SMILES string of the molecule is Cc1ccc2nc(-c3ccc(NC(=O)c4cc(-c5ccc(F)cc5)n[nH]4)cc3)sc2c1. The van der Waals surface area contributed by atoms with Gasteiger partial charge in [0.15, 0.2) is 0 Å². The van der Waals surface area contributed by atoms with Crippen LogP contribution in [0.1, 0.15) is 16.1 Å². The number of thiazole rings is 1. The van der Waals surface area contributed by atoms with Crippen LogP contribution in [0, 0.1) is 12.7 Å². The average Bonchev–Trinajstić information content (AvgIpc) is 3.42. The molecule has 3 aromatic carbocycles. The summed E-state index contributed by atoms with van der Waals surface area (Å²) < 4.78 is 14.2. The van der Waals surface area contributed by atoms with Crippen molar-refractivity contribution in [1.82, 2.24) is 15.2 Å². The van der Waals surface area contributed by atoms with Gasteiger partial charge >= 0.3 is 0 Å². The molecule has 2 N–H and O–H groups in total. The van der Waals surface area contributed by atoms with Gasteiger partial charge < -0.3 is 5.32 Å². The Bertz CT molecular complexity index is 1390. The molecule has 0 radical (unpaired) electrons. The van der Waals surface area contributed by atoms with Crippen molar-refractivity contribution in [1.29, 1.82) is 0 Å². The zero-order valence-corrected chi connectivity index (χ0v) is 17.3. The van der Waals surface area contributed by atoms with Gasteiger partial charge in [-0.1, -0.05) is 6.07 Å². The van der Waals surface area contributed by atoms with Crippen LogP contribution in [0.25, 0.3) is 32.0 Å². The monoisotopic (exact) mass is 428 g/mol. The number of rotatable bonds is 4. The highest BCUT2D eigenvalue weighted by Gasteiger charge is 2.12. The molecule has 0 saturated heterocycles. The predicted octanol–water partition coefficient (Wildman–Crippen LogP) is 6.05. The van der Waals surface area contributed by atoms with Crippen molar-refractivity contribution in [3.05, 3.63) is 89.9 Å². The zero-order valence-electron chi connectivity index (χ0n) is 16.5. The summed E-state index contributed by atoms with van der Waals surface area (Å²) in [5, 5.41) is 10.7. The molecule has 2 heterocycles. The van der Waals surface area contributed by atoms with E-state index in [9.17, 15) is 9.18 Å². The first kappa shape index (κ1) is 19.1.